The monoisotopic (exact) mass is 345 g/mol. The molecule has 0 atom stereocenters. The lowest BCUT2D eigenvalue weighted by atomic mass is 10.1. The summed E-state index contributed by atoms with van der Waals surface area (Å²) in [5, 5.41) is 3.08. The van der Waals surface area contributed by atoms with Crippen molar-refractivity contribution in [2.75, 3.05) is 12.4 Å². The molecule has 26 heavy (non-hydrogen) atoms. The number of anilines is 1. The first-order valence-corrected chi connectivity index (χ1v) is 8.19. The summed E-state index contributed by atoms with van der Waals surface area (Å²) in [7, 11) is 1.63. The Hall–Kier alpha value is -3.53. The van der Waals surface area contributed by atoms with E-state index in [1.54, 1.807) is 25.4 Å². The number of nitrogens with one attached hydrogen (secondary N) is 1. The van der Waals surface area contributed by atoms with Crippen LogP contribution >= 0.6 is 0 Å². The van der Waals surface area contributed by atoms with E-state index in [1.807, 2.05) is 66.7 Å². The molecule has 0 spiro atoms. The highest BCUT2D eigenvalue weighted by Gasteiger charge is 2.00. The first-order valence-electron chi connectivity index (χ1n) is 8.19. The molecule has 0 saturated carbocycles. The summed E-state index contributed by atoms with van der Waals surface area (Å²) in [6.07, 6.45) is 3.14. The summed E-state index contributed by atoms with van der Waals surface area (Å²) in [5.41, 5.74) is 1.53. The van der Waals surface area contributed by atoms with E-state index < -0.39 is 0 Å². The normalized spacial score (nSPS) is 10.5. The molecular weight excluding hydrogens is 326 g/mol. The first-order chi connectivity index (χ1) is 12.7. The minimum Gasteiger partial charge on any atom is -0.497 e. The summed E-state index contributed by atoms with van der Waals surface area (Å²) in [4.78, 5) is 12.0. The fraction of sp³-hybridized carbons (Fsp3) is 0.0455. The number of hydrogen-bond donors (Lipinski definition) is 1. The van der Waals surface area contributed by atoms with Gasteiger partial charge in [0.2, 0.25) is 0 Å². The van der Waals surface area contributed by atoms with Gasteiger partial charge in [-0.2, -0.15) is 0 Å². The number of carbonyl (C=O) groups excluding carboxylic acids is 1. The molecule has 0 radical (unpaired) electrons. The van der Waals surface area contributed by atoms with Gasteiger partial charge < -0.3 is 14.8 Å². The van der Waals surface area contributed by atoms with Gasteiger partial charge in [-0.3, -0.25) is 4.79 Å². The van der Waals surface area contributed by atoms with Crippen LogP contribution in [0.5, 0.6) is 17.2 Å². The van der Waals surface area contributed by atoms with E-state index in [1.165, 1.54) is 6.08 Å². The second kappa shape index (κ2) is 8.53. The molecule has 4 heteroatoms. The molecule has 3 rings (SSSR count). The lowest BCUT2D eigenvalue weighted by Crippen LogP contribution is -1.95. The predicted molar refractivity (Wildman–Crippen MR) is 103 cm³/mol. The van der Waals surface area contributed by atoms with Gasteiger partial charge in [0.15, 0.2) is 5.78 Å². The zero-order valence-electron chi connectivity index (χ0n) is 14.4. The highest BCUT2D eigenvalue weighted by Crippen LogP contribution is 2.24. The summed E-state index contributed by atoms with van der Waals surface area (Å²) >= 11 is 0. The van der Waals surface area contributed by atoms with Crippen LogP contribution in [-0.4, -0.2) is 12.9 Å². The highest BCUT2D eigenvalue weighted by atomic mass is 16.5. The maximum Gasteiger partial charge on any atom is 0.187 e. The van der Waals surface area contributed by atoms with Crippen molar-refractivity contribution in [1.82, 2.24) is 0 Å². The van der Waals surface area contributed by atoms with Crippen LogP contribution < -0.4 is 14.8 Å². The molecule has 0 unspecified atom stereocenters. The second-order valence-electron chi connectivity index (χ2n) is 5.51. The molecule has 0 aliphatic rings. The minimum absolute atomic E-state index is 0.0439. The number of carbonyl (C=O) groups is 1. The molecule has 3 aromatic carbocycles. The molecule has 0 saturated heterocycles. The second-order valence-corrected chi connectivity index (χ2v) is 5.51. The number of rotatable bonds is 7. The fourth-order valence-corrected chi connectivity index (χ4v) is 2.31. The lowest BCUT2D eigenvalue weighted by molar-refractivity contribution is 0.104. The number of ether oxygens (including phenoxy) is 2. The van der Waals surface area contributed by atoms with Crippen LogP contribution in [0.3, 0.4) is 0 Å². The molecule has 1 N–H and O–H groups in total. The highest BCUT2D eigenvalue weighted by molar-refractivity contribution is 6.04. The molecule has 130 valence electrons. The first kappa shape index (κ1) is 17.3. The van der Waals surface area contributed by atoms with Crippen molar-refractivity contribution >= 4 is 11.5 Å². The van der Waals surface area contributed by atoms with Crippen molar-refractivity contribution in [2.24, 2.45) is 0 Å². The van der Waals surface area contributed by atoms with E-state index >= 15 is 0 Å². The standard InChI is InChI=1S/C22H19NO3/c1-25-19-11-13-21(14-12-19)26-20-9-7-18(8-10-20)23-16-15-22(24)17-5-3-2-4-6-17/h2-16,23H,1H3/b16-15+. The SMILES string of the molecule is COc1ccc(Oc2ccc(N/C=C/C(=O)c3ccccc3)cc2)cc1. The van der Waals surface area contributed by atoms with Crippen molar-refractivity contribution in [2.45, 2.75) is 0 Å². The summed E-state index contributed by atoms with van der Waals surface area (Å²) < 4.78 is 10.9. The number of allylic oxidation sites excluding steroid dienone is 1. The third kappa shape index (κ3) is 4.74. The van der Waals surface area contributed by atoms with E-state index in [9.17, 15) is 4.79 Å². The van der Waals surface area contributed by atoms with Crippen molar-refractivity contribution in [3.05, 3.63) is 96.7 Å². The number of benzene rings is 3. The fourth-order valence-electron chi connectivity index (χ4n) is 2.31. The Balaban J connectivity index is 1.55. The minimum atomic E-state index is -0.0439. The Kier molecular flexibility index (Phi) is 5.68. The van der Waals surface area contributed by atoms with E-state index in [0.29, 0.717) is 5.56 Å². The van der Waals surface area contributed by atoms with Gasteiger partial charge >= 0.3 is 0 Å². The Morgan fingerprint density at radius 1 is 0.808 bits per heavy atom. The Morgan fingerprint density at radius 2 is 1.38 bits per heavy atom. The van der Waals surface area contributed by atoms with Gasteiger partial charge in [0, 0.05) is 23.5 Å². The van der Waals surface area contributed by atoms with Gasteiger partial charge in [0.1, 0.15) is 17.2 Å². The van der Waals surface area contributed by atoms with E-state index in [4.69, 9.17) is 9.47 Å². The molecule has 0 aliphatic heterocycles. The van der Waals surface area contributed by atoms with Crippen LogP contribution in [-0.2, 0) is 0 Å². The zero-order chi connectivity index (χ0) is 18.2. The van der Waals surface area contributed by atoms with Gasteiger partial charge in [-0.25, -0.2) is 0 Å². The molecule has 0 bridgehead atoms. The number of ketones is 1. The van der Waals surface area contributed by atoms with Gasteiger partial charge in [-0.1, -0.05) is 30.3 Å². The van der Waals surface area contributed by atoms with Crippen LogP contribution in [0.2, 0.25) is 0 Å². The molecule has 0 heterocycles. The summed E-state index contributed by atoms with van der Waals surface area (Å²) in [5.74, 6) is 2.20. The zero-order valence-corrected chi connectivity index (χ0v) is 14.4. The molecular formula is C22H19NO3. The number of hydrogen-bond acceptors (Lipinski definition) is 4. The molecule has 0 aromatic heterocycles. The Morgan fingerprint density at radius 3 is 2.00 bits per heavy atom. The Labute approximate surface area is 152 Å². The average molecular weight is 345 g/mol. The van der Waals surface area contributed by atoms with Gasteiger partial charge in [-0.05, 0) is 48.5 Å². The average Bonchev–Trinajstić information content (AvgIpc) is 2.70. The third-order valence-electron chi connectivity index (χ3n) is 3.69. The van der Waals surface area contributed by atoms with Crippen molar-refractivity contribution in [3.8, 4) is 17.2 Å². The van der Waals surface area contributed by atoms with Crippen LogP contribution in [0.4, 0.5) is 5.69 Å². The van der Waals surface area contributed by atoms with Crippen molar-refractivity contribution in [3.63, 3.8) is 0 Å². The maximum absolute atomic E-state index is 12.0. The predicted octanol–water partition coefficient (Wildman–Crippen LogP) is 5.30. The Bertz CT molecular complexity index is 870. The molecule has 0 fully saturated rings. The summed E-state index contributed by atoms with van der Waals surface area (Å²) in [6.45, 7) is 0. The topological polar surface area (TPSA) is 47.6 Å². The van der Waals surface area contributed by atoms with Crippen LogP contribution in [0.1, 0.15) is 10.4 Å². The molecule has 0 aliphatic carbocycles. The summed E-state index contributed by atoms with van der Waals surface area (Å²) in [6, 6.07) is 24.0. The van der Waals surface area contributed by atoms with E-state index in [0.717, 1.165) is 22.9 Å². The van der Waals surface area contributed by atoms with Gasteiger partial charge in [-0.15, -0.1) is 0 Å². The van der Waals surface area contributed by atoms with Gasteiger partial charge in [0.05, 0.1) is 7.11 Å². The van der Waals surface area contributed by atoms with E-state index in [-0.39, 0.29) is 5.78 Å². The van der Waals surface area contributed by atoms with Gasteiger partial charge in [0.25, 0.3) is 0 Å². The quantitative estimate of drug-likeness (QED) is 0.466. The van der Waals surface area contributed by atoms with Crippen LogP contribution in [0.15, 0.2) is 91.1 Å². The van der Waals surface area contributed by atoms with Crippen LogP contribution in [0, 0.1) is 0 Å². The maximum atomic E-state index is 12.0. The smallest absolute Gasteiger partial charge is 0.187 e. The van der Waals surface area contributed by atoms with Crippen molar-refractivity contribution < 1.29 is 14.3 Å². The number of methoxy groups -OCH3 is 1. The van der Waals surface area contributed by atoms with Crippen LogP contribution in [0.25, 0.3) is 0 Å². The lowest BCUT2D eigenvalue weighted by Gasteiger charge is -2.07. The molecule has 0 amide bonds. The largest absolute Gasteiger partial charge is 0.497 e. The van der Waals surface area contributed by atoms with E-state index in [2.05, 4.69) is 5.32 Å². The van der Waals surface area contributed by atoms with Crippen molar-refractivity contribution in [1.29, 1.82) is 0 Å². The third-order valence-corrected chi connectivity index (χ3v) is 3.69. The molecule has 3 aromatic rings. The molecule has 4 nitrogen and oxygen atoms in total.